The molecule has 0 aromatic carbocycles. The van der Waals surface area contributed by atoms with Crippen molar-refractivity contribution in [3.8, 4) is 0 Å². The van der Waals surface area contributed by atoms with Crippen LogP contribution in [0, 0.1) is 0 Å². The van der Waals surface area contributed by atoms with Gasteiger partial charge in [0.1, 0.15) is 5.82 Å². The number of H-pyrrole nitrogens is 1. The molecular weight excluding hydrogens is 244 g/mol. The van der Waals surface area contributed by atoms with E-state index < -0.39 is 0 Å². The Morgan fingerprint density at radius 3 is 2.89 bits per heavy atom. The molecule has 19 heavy (non-hydrogen) atoms. The van der Waals surface area contributed by atoms with Crippen LogP contribution in [0.1, 0.15) is 19.8 Å². The first-order chi connectivity index (χ1) is 9.30. The molecule has 0 unspecified atom stereocenters. The summed E-state index contributed by atoms with van der Waals surface area (Å²) in [6.07, 6.45) is 3.87. The monoisotopic (exact) mass is 264 g/mol. The molecule has 0 fully saturated rings. The number of hydrogen-bond donors (Lipinski definition) is 3. The molecule has 0 amide bonds. The number of unbranched alkanes of at least 4 members (excludes halogenated alkanes) is 1. The van der Waals surface area contributed by atoms with Gasteiger partial charge in [0.25, 0.3) is 0 Å². The van der Waals surface area contributed by atoms with Crippen molar-refractivity contribution in [2.75, 3.05) is 37.0 Å². The topological polar surface area (TPSA) is 90.0 Å². The van der Waals surface area contributed by atoms with Gasteiger partial charge in [-0.15, -0.1) is 0 Å². The van der Waals surface area contributed by atoms with Crippen LogP contribution in [0.2, 0.25) is 0 Å². The molecular formula is C12H20N6O. The molecule has 2 aromatic heterocycles. The number of hydrogen-bond acceptors (Lipinski definition) is 6. The number of aromatic amines is 1. The van der Waals surface area contributed by atoms with E-state index in [9.17, 15) is 5.11 Å². The van der Waals surface area contributed by atoms with Crippen LogP contribution in [-0.4, -0.2) is 52.0 Å². The molecule has 0 bridgehead atoms. The lowest BCUT2D eigenvalue weighted by atomic mass is 10.3. The summed E-state index contributed by atoms with van der Waals surface area (Å²) in [7, 11) is 1.78. The Morgan fingerprint density at radius 2 is 2.21 bits per heavy atom. The number of aliphatic hydroxyl groups is 1. The van der Waals surface area contributed by atoms with Gasteiger partial charge in [-0.05, 0) is 6.42 Å². The Kier molecular flexibility index (Phi) is 4.51. The van der Waals surface area contributed by atoms with Crippen LogP contribution in [0.4, 0.5) is 11.8 Å². The smallest absolute Gasteiger partial charge is 0.226 e. The van der Waals surface area contributed by atoms with E-state index in [0.29, 0.717) is 18.1 Å². The summed E-state index contributed by atoms with van der Waals surface area (Å²) in [5, 5.41) is 19.9. The second kappa shape index (κ2) is 6.33. The molecule has 3 N–H and O–H groups in total. The van der Waals surface area contributed by atoms with Crippen molar-refractivity contribution in [2.45, 2.75) is 19.8 Å². The van der Waals surface area contributed by atoms with Crippen LogP contribution in [0.5, 0.6) is 0 Å². The van der Waals surface area contributed by atoms with Crippen LogP contribution in [0.3, 0.4) is 0 Å². The normalized spacial score (nSPS) is 10.9. The third kappa shape index (κ3) is 2.93. The molecule has 0 atom stereocenters. The maximum atomic E-state index is 9.22. The van der Waals surface area contributed by atoms with Gasteiger partial charge in [0.15, 0.2) is 5.65 Å². The Balaban J connectivity index is 2.40. The molecule has 0 aliphatic rings. The lowest BCUT2D eigenvalue weighted by Gasteiger charge is -2.23. The summed E-state index contributed by atoms with van der Waals surface area (Å²) in [4.78, 5) is 10.9. The van der Waals surface area contributed by atoms with Gasteiger partial charge in [-0.25, -0.2) is 0 Å². The quantitative estimate of drug-likeness (QED) is 0.691. The SMILES string of the molecule is CCCCN(CCO)c1nc(NC)nc2[nH]ncc12. The molecule has 0 spiro atoms. The molecule has 0 saturated heterocycles. The summed E-state index contributed by atoms with van der Waals surface area (Å²) < 4.78 is 0. The summed E-state index contributed by atoms with van der Waals surface area (Å²) in [5.74, 6) is 1.36. The lowest BCUT2D eigenvalue weighted by Crippen LogP contribution is -2.29. The molecule has 0 radical (unpaired) electrons. The van der Waals surface area contributed by atoms with Crippen LogP contribution >= 0.6 is 0 Å². The van der Waals surface area contributed by atoms with Crippen LogP contribution in [0.25, 0.3) is 11.0 Å². The zero-order valence-electron chi connectivity index (χ0n) is 11.3. The van der Waals surface area contributed by atoms with Crippen molar-refractivity contribution >= 4 is 22.8 Å². The van der Waals surface area contributed by atoms with Crippen LogP contribution in [0.15, 0.2) is 6.20 Å². The molecule has 2 aromatic rings. The maximum absolute atomic E-state index is 9.22. The summed E-state index contributed by atoms with van der Waals surface area (Å²) in [6, 6.07) is 0. The zero-order valence-corrected chi connectivity index (χ0v) is 11.3. The molecule has 2 rings (SSSR count). The minimum Gasteiger partial charge on any atom is -0.395 e. The average molecular weight is 264 g/mol. The van der Waals surface area contributed by atoms with Crippen LogP contribution in [-0.2, 0) is 0 Å². The Labute approximate surface area is 112 Å². The fourth-order valence-electron chi connectivity index (χ4n) is 1.97. The minimum absolute atomic E-state index is 0.0992. The Bertz CT molecular complexity index is 526. The van der Waals surface area contributed by atoms with E-state index in [1.807, 2.05) is 0 Å². The number of rotatable bonds is 7. The van der Waals surface area contributed by atoms with E-state index >= 15 is 0 Å². The van der Waals surface area contributed by atoms with Gasteiger partial charge >= 0.3 is 0 Å². The van der Waals surface area contributed by atoms with Gasteiger partial charge < -0.3 is 15.3 Å². The molecule has 0 saturated carbocycles. The van der Waals surface area contributed by atoms with Gasteiger partial charge in [-0.1, -0.05) is 13.3 Å². The Hall–Kier alpha value is -1.89. The Morgan fingerprint density at radius 1 is 1.37 bits per heavy atom. The molecule has 2 heterocycles. The van der Waals surface area contributed by atoms with Gasteiger partial charge in [-0.2, -0.15) is 15.1 Å². The molecule has 7 heteroatoms. The zero-order chi connectivity index (χ0) is 13.7. The fourth-order valence-corrected chi connectivity index (χ4v) is 1.97. The first-order valence-corrected chi connectivity index (χ1v) is 6.54. The highest BCUT2D eigenvalue weighted by molar-refractivity contribution is 5.87. The van der Waals surface area contributed by atoms with Crippen molar-refractivity contribution in [3.63, 3.8) is 0 Å². The van der Waals surface area contributed by atoms with Gasteiger partial charge in [0, 0.05) is 20.1 Å². The third-order valence-corrected chi connectivity index (χ3v) is 2.96. The van der Waals surface area contributed by atoms with E-state index in [1.165, 1.54) is 0 Å². The number of fused-ring (bicyclic) bond motifs is 1. The minimum atomic E-state index is 0.0992. The number of aliphatic hydroxyl groups excluding tert-OH is 1. The molecule has 104 valence electrons. The molecule has 0 aliphatic heterocycles. The number of nitrogens with one attached hydrogen (secondary N) is 2. The second-order valence-electron chi connectivity index (χ2n) is 4.32. The van der Waals surface area contributed by atoms with Crippen molar-refractivity contribution < 1.29 is 5.11 Å². The van der Waals surface area contributed by atoms with Crippen molar-refractivity contribution in [2.24, 2.45) is 0 Å². The lowest BCUT2D eigenvalue weighted by molar-refractivity contribution is 0.301. The predicted octanol–water partition coefficient (Wildman–Crippen LogP) is 0.993. The first kappa shape index (κ1) is 13.5. The van der Waals surface area contributed by atoms with Gasteiger partial charge in [-0.3, -0.25) is 5.10 Å². The summed E-state index contributed by atoms with van der Waals surface area (Å²) in [6.45, 7) is 3.66. The van der Waals surface area contributed by atoms with Crippen LogP contribution < -0.4 is 10.2 Å². The highest BCUT2D eigenvalue weighted by atomic mass is 16.3. The van der Waals surface area contributed by atoms with E-state index in [-0.39, 0.29) is 6.61 Å². The maximum Gasteiger partial charge on any atom is 0.226 e. The van der Waals surface area contributed by atoms with Gasteiger partial charge in [0.05, 0.1) is 18.2 Å². The number of anilines is 2. The van der Waals surface area contributed by atoms with E-state index in [1.54, 1.807) is 13.2 Å². The third-order valence-electron chi connectivity index (χ3n) is 2.96. The number of aromatic nitrogens is 4. The number of nitrogens with zero attached hydrogens (tertiary/aromatic N) is 4. The second-order valence-corrected chi connectivity index (χ2v) is 4.32. The largest absolute Gasteiger partial charge is 0.395 e. The van der Waals surface area contributed by atoms with Gasteiger partial charge in [0.2, 0.25) is 5.95 Å². The van der Waals surface area contributed by atoms with E-state index in [0.717, 1.165) is 30.6 Å². The van der Waals surface area contributed by atoms with Crippen molar-refractivity contribution in [3.05, 3.63) is 6.20 Å². The van der Waals surface area contributed by atoms with Crippen molar-refractivity contribution in [1.82, 2.24) is 20.2 Å². The summed E-state index contributed by atoms with van der Waals surface area (Å²) in [5.41, 5.74) is 0.703. The van der Waals surface area contributed by atoms with E-state index in [2.05, 4.69) is 37.3 Å². The highest BCUT2D eigenvalue weighted by Crippen LogP contribution is 2.23. The average Bonchev–Trinajstić information content (AvgIpc) is 2.90. The summed E-state index contributed by atoms with van der Waals surface area (Å²) >= 11 is 0. The molecule has 7 nitrogen and oxygen atoms in total. The fraction of sp³-hybridized carbons (Fsp3) is 0.583. The van der Waals surface area contributed by atoms with Crippen molar-refractivity contribution in [1.29, 1.82) is 0 Å². The van der Waals surface area contributed by atoms with E-state index in [4.69, 9.17) is 0 Å². The predicted molar refractivity (Wildman–Crippen MR) is 75.4 cm³/mol. The first-order valence-electron chi connectivity index (χ1n) is 6.54. The highest BCUT2D eigenvalue weighted by Gasteiger charge is 2.15. The molecule has 0 aliphatic carbocycles. The standard InChI is InChI=1S/C12H20N6O/c1-3-4-5-18(6-7-19)11-9-8-14-17-10(9)15-12(13-2)16-11/h8,19H,3-7H2,1-2H3,(H2,13,14,15,16,17).